The second-order valence-electron chi connectivity index (χ2n) is 6.60. The van der Waals surface area contributed by atoms with Crippen LogP contribution in [0.1, 0.15) is 24.5 Å². The van der Waals surface area contributed by atoms with Gasteiger partial charge in [0.2, 0.25) is 15.9 Å². The highest BCUT2D eigenvalue weighted by atomic mass is 32.2. The van der Waals surface area contributed by atoms with Gasteiger partial charge in [-0.1, -0.05) is 6.07 Å². The summed E-state index contributed by atoms with van der Waals surface area (Å²) in [7, 11) is -1.82. The van der Waals surface area contributed by atoms with E-state index in [1.54, 1.807) is 26.1 Å². The normalized spacial score (nSPS) is 21.6. The predicted molar refractivity (Wildman–Crippen MR) is 92.3 cm³/mol. The Bertz CT molecular complexity index is 727. The van der Waals surface area contributed by atoms with Gasteiger partial charge in [-0.3, -0.25) is 4.79 Å². The molecule has 3 rings (SSSR count). The minimum atomic E-state index is -3.48. The molecule has 2 heterocycles. The highest BCUT2D eigenvalue weighted by molar-refractivity contribution is 7.89. The minimum Gasteiger partial charge on any atom is -0.342 e. The molecule has 1 unspecified atom stereocenters. The van der Waals surface area contributed by atoms with Gasteiger partial charge in [-0.15, -0.1) is 0 Å². The zero-order chi connectivity index (χ0) is 17.3. The van der Waals surface area contributed by atoms with E-state index in [0.29, 0.717) is 31.0 Å². The van der Waals surface area contributed by atoms with E-state index < -0.39 is 10.0 Å². The fourth-order valence-electron chi connectivity index (χ4n) is 3.49. The maximum absolute atomic E-state index is 12.9. The summed E-state index contributed by atoms with van der Waals surface area (Å²) in [5.41, 5.74) is 2.18. The predicted octanol–water partition coefficient (Wildman–Crippen LogP) is 0.616. The average Bonchev–Trinajstić information content (AvgIpc) is 3.00. The maximum Gasteiger partial charge on any atom is 0.243 e. The van der Waals surface area contributed by atoms with Crippen LogP contribution < -0.4 is 5.32 Å². The van der Waals surface area contributed by atoms with Crippen LogP contribution in [-0.2, 0) is 27.7 Å². The first-order chi connectivity index (χ1) is 11.4. The number of nitrogens with zero attached hydrogens (tertiary/aromatic N) is 2. The molecule has 1 fully saturated rings. The Hall–Kier alpha value is -1.44. The van der Waals surface area contributed by atoms with Gasteiger partial charge in [-0.05, 0) is 49.1 Å². The first-order valence-electron chi connectivity index (χ1n) is 8.45. The van der Waals surface area contributed by atoms with E-state index in [1.807, 2.05) is 11.0 Å². The first kappa shape index (κ1) is 17.4. The third-order valence-corrected chi connectivity index (χ3v) is 7.06. The molecule has 2 aliphatic heterocycles. The van der Waals surface area contributed by atoms with Gasteiger partial charge >= 0.3 is 0 Å². The Morgan fingerprint density at radius 2 is 1.96 bits per heavy atom. The van der Waals surface area contributed by atoms with E-state index >= 15 is 0 Å². The van der Waals surface area contributed by atoms with E-state index in [1.165, 1.54) is 4.31 Å². The van der Waals surface area contributed by atoms with E-state index in [9.17, 15) is 13.2 Å². The van der Waals surface area contributed by atoms with Crippen LogP contribution in [0.25, 0.3) is 0 Å². The second kappa shape index (κ2) is 6.82. The van der Waals surface area contributed by atoms with Gasteiger partial charge in [0.05, 0.1) is 4.90 Å². The summed E-state index contributed by atoms with van der Waals surface area (Å²) in [6.07, 6.45) is 2.32. The molecule has 1 amide bonds. The van der Waals surface area contributed by atoms with E-state index in [0.717, 1.165) is 30.5 Å². The van der Waals surface area contributed by atoms with Crippen molar-refractivity contribution in [3.63, 3.8) is 0 Å². The lowest BCUT2D eigenvalue weighted by atomic mass is 10.0. The lowest BCUT2D eigenvalue weighted by Crippen LogP contribution is -2.38. The summed E-state index contributed by atoms with van der Waals surface area (Å²) in [5.74, 6) is 0.0733. The van der Waals surface area contributed by atoms with Crippen LogP contribution >= 0.6 is 0 Å². The van der Waals surface area contributed by atoms with E-state index in [-0.39, 0.29) is 11.9 Å². The number of sulfonamides is 1. The first-order valence-corrected chi connectivity index (χ1v) is 9.89. The molecular weight excluding hydrogens is 326 g/mol. The Morgan fingerprint density at radius 1 is 1.25 bits per heavy atom. The highest BCUT2D eigenvalue weighted by Gasteiger charge is 2.30. The Kier molecular flexibility index (Phi) is 4.94. The van der Waals surface area contributed by atoms with Gasteiger partial charge in [0, 0.05) is 39.6 Å². The largest absolute Gasteiger partial charge is 0.342 e. The van der Waals surface area contributed by atoms with E-state index in [4.69, 9.17) is 0 Å². The molecule has 132 valence electrons. The molecule has 0 radical (unpaired) electrons. The van der Waals surface area contributed by atoms with Crippen LogP contribution in [0, 0.1) is 0 Å². The molecule has 1 aromatic rings. The monoisotopic (exact) mass is 351 g/mol. The SMILES string of the molecule is CC(=O)N1CCc2ccc(S(=O)(=O)N(C)C3CCNC3)cc2CC1. The molecule has 1 atom stereocenters. The van der Waals surface area contributed by atoms with E-state index in [2.05, 4.69) is 5.32 Å². The van der Waals surface area contributed by atoms with Crippen LogP contribution in [0.2, 0.25) is 0 Å². The summed E-state index contributed by atoms with van der Waals surface area (Å²) in [5, 5.41) is 3.21. The molecule has 1 N–H and O–H groups in total. The Morgan fingerprint density at radius 3 is 2.58 bits per heavy atom. The summed E-state index contributed by atoms with van der Waals surface area (Å²) < 4.78 is 27.3. The molecule has 7 heteroatoms. The van der Waals surface area contributed by atoms with Gasteiger partial charge < -0.3 is 10.2 Å². The summed E-state index contributed by atoms with van der Waals surface area (Å²) in [6, 6.07) is 5.43. The third-order valence-electron chi connectivity index (χ3n) is 5.15. The van der Waals surface area contributed by atoms with Crippen LogP contribution in [0.4, 0.5) is 0 Å². The number of hydrogen-bond donors (Lipinski definition) is 1. The number of carbonyl (C=O) groups is 1. The topological polar surface area (TPSA) is 69.7 Å². The fourth-order valence-corrected chi connectivity index (χ4v) is 4.93. The van der Waals surface area contributed by atoms with Crippen molar-refractivity contribution in [2.75, 3.05) is 33.2 Å². The standard InChI is InChI=1S/C17H25N3O3S/c1-13(21)20-9-6-14-3-4-17(11-15(14)7-10-20)24(22,23)19(2)16-5-8-18-12-16/h3-4,11,16,18H,5-10,12H2,1-2H3. The zero-order valence-corrected chi connectivity index (χ0v) is 15.1. The van der Waals surface area contributed by atoms with Gasteiger partial charge in [0.15, 0.2) is 0 Å². The molecule has 6 nitrogen and oxygen atoms in total. The summed E-state index contributed by atoms with van der Waals surface area (Å²) in [6.45, 7) is 4.48. The van der Waals surface area contributed by atoms with Gasteiger partial charge in [0.1, 0.15) is 0 Å². The van der Waals surface area contributed by atoms with Crippen molar-refractivity contribution in [2.45, 2.75) is 37.1 Å². The number of amides is 1. The van der Waals surface area contributed by atoms with Gasteiger partial charge in [-0.2, -0.15) is 4.31 Å². The van der Waals surface area contributed by atoms with Crippen molar-refractivity contribution in [2.24, 2.45) is 0 Å². The summed E-state index contributed by atoms with van der Waals surface area (Å²) in [4.78, 5) is 13.8. The van der Waals surface area contributed by atoms with Crippen molar-refractivity contribution < 1.29 is 13.2 Å². The number of fused-ring (bicyclic) bond motifs is 1. The smallest absolute Gasteiger partial charge is 0.243 e. The molecule has 0 bridgehead atoms. The number of benzene rings is 1. The number of rotatable bonds is 3. The summed E-state index contributed by atoms with van der Waals surface area (Å²) >= 11 is 0. The zero-order valence-electron chi connectivity index (χ0n) is 14.3. The molecule has 2 aliphatic rings. The third kappa shape index (κ3) is 3.34. The Balaban J connectivity index is 1.85. The van der Waals surface area contributed by atoms with Crippen molar-refractivity contribution >= 4 is 15.9 Å². The molecule has 0 saturated carbocycles. The number of carbonyl (C=O) groups excluding carboxylic acids is 1. The quantitative estimate of drug-likeness (QED) is 0.867. The van der Waals surface area contributed by atoms with Gasteiger partial charge in [-0.25, -0.2) is 8.42 Å². The van der Waals surface area contributed by atoms with Crippen molar-refractivity contribution in [3.05, 3.63) is 29.3 Å². The molecular formula is C17H25N3O3S. The van der Waals surface area contributed by atoms with Crippen molar-refractivity contribution in [1.82, 2.24) is 14.5 Å². The number of hydrogen-bond acceptors (Lipinski definition) is 4. The lowest BCUT2D eigenvalue weighted by molar-refractivity contribution is -0.128. The molecule has 24 heavy (non-hydrogen) atoms. The average molecular weight is 351 g/mol. The Labute approximate surface area is 143 Å². The van der Waals surface area contributed by atoms with Crippen LogP contribution in [0.15, 0.2) is 23.1 Å². The minimum absolute atomic E-state index is 0.0158. The lowest BCUT2D eigenvalue weighted by Gasteiger charge is -2.23. The molecule has 1 saturated heterocycles. The number of nitrogens with one attached hydrogen (secondary N) is 1. The maximum atomic E-state index is 12.9. The highest BCUT2D eigenvalue weighted by Crippen LogP contribution is 2.24. The van der Waals surface area contributed by atoms with Crippen LogP contribution in [-0.4, -0.2) is 62.8 Å². The molecule has 1 aromatic carbocycles. The van der Waals surface area contributed by atoms with Gasteiger partial charge in [0.25, 0.3) is 0 Å². The molecule has 0 spiro atoms. The van der Waals surface area contributed by atoms with Crippen molar-refractivity contribution in [1.29, 1.82) is 0 Å². The number of likely N-dealkylation sites (N-methyl/N-ethyl adjacent to an activating group) is 1. The van der Waals surface area contributed by atoms with Crippen molar-refractivity contribution in [3.8, 4) is 0 Å². The fraction of sp³-hybridized carbons (Fsp3) is 0.588. The second-order valence-corrected chi connectivity index (χ2v) is 8.60. The molecule has 0 aliphatic carbocycles. The van der Waals surface area contributed by atoms with Crippen LogP contribution in [0.3, 0.4) is 0 Å². The molecule has 0 aromatic heterocycles. The van der Waals surface area contributed by atoms with Crippen LogP contribution in [0.5, 0.6) is 0 Å².